The predicted octanol–water partition coefficient (Wildman–Crippen LogP) is 3.77. The highest BCUT2D eigenvalue weighted by molar-refractivity contribution is 7.10. The van der Waals surface area contributed by atoms with Crippen LogP contribution in [-0.4, -0.2) is 11.0 Å². The van der Waals surface area contributed by atoms with E-state index in [0.717, 1.165) is 10.7 Å². The van der Waals surface area contributed by atoms with Gasteiger partial charge in [-0.15, -0.1) is 22.7 Å². The highest BCUT2D eigenvalue weighted by Crippen LogP contribution is 2.41. The number of urea groups is 1. The second-order valence-corrected chi connectivity index (χ2v) is 7.39. The highest BCUT2D eigenvalue weighted by atomic mass is 32.1. The molecule has 0 unspecified atom stereocenters. The number of nitrogens with one attached hydrogen (secondary N) is 2. The van der Waals surface area contributed by atoms with E-state index in [1.165, 1.54) is 23.3 Å². The van der Waals surface area contributed by atoms with Crippen molar-refractivity contribution in [1.82, 2.24) is 15.6 Å². The number of aromatic nitrogens is 1. The molecule has 0 aromatic carbocycles. The van der Waals surface area contributed by atoms with Gasteiger partial charge in [0, 0.05) is 16.0 Å². The van der Waals surface area contributed by atoms with Gasteiger partial charge >= 0.3 is 6.03 Å². The normalized spacial score (nSPS) is 15.7. The van der Waals surface area contributed by atoms with Gasteiger partial charge in [-0.2, -0.15) is 0 Å². The first kappa shape index (κ1) is 14.5. The highest BCUT2D eigenvalue weighted by Gasteiger charge is 2.35. The van der Waals surface area contributed by atoms with Gasteiger partial charge in [0.25, 0.3) is 0 Å². The summed E-state index contributed by atoms with van der Waals surface area (Å²) in [5, 5.41) is 11.2. The Labute approximate surface area is 132 Å². The summed E-state index contributed by atoms with van der Waals surface area (Å²) < 4.78 is 0. The molecular formula is C15H19N3OS2. The molecule has 2 aromatic heterocycles. The lowest BCUT2D eigenvalue weighted by atomic mass is 10.2. The second kappa shape index (κ2) is 6.15. The number of aryl methyl sites for hydroxylation is 2. The third-order valence-corrected chi connectivity index (χ3v) is 5.73. The van der Waals surface area contributed by atoms with Gasteiger partial charge in [-0.1, -0.05) is 0 Å². The van der Waals surface area contributed by atoms with Crippen LogP contribution < -0.4 is 10.6 Å². The number of amides is 2. The quantitative estimate of drug-likeness (QED) is 0.880. The van der Waals surface area contributed by atoms with Crippen molar-refractivity contribution in [2.24, 2.45) is 5.92 Å². The predicted molar refractivity (Wildman–Crippen MR) is 86.7 cm³/mol. The molecule has 4 nitrogen and oxygen atoms in total. The largest absolute Gasteiger partial charge is 0.333 e. The monoisotopic (exact) mass is 321 g/mol. The third kappa shape index (κ3) is 3.63. The zero-order valence-electron chi connectivity index (χ0n) is 12.2. The number of rotatable bonds is 5. The van der Waals surface area contributed by atoms with Crippen molar-refractivity contribution in [1.29, 1.82) is 0 Å². The van der Waals surface area contributed by atoms with Crippen LogP contribution in [0.15, 0.2) is 16.8 Å². The molecule has 1 atom stereocenters. The van der Waals surface area contributed by atoms with Gasteiger partial charge in [0.2, 0.25) is 0 Å². The average Bonchev–Trinajstić information content (AvgIpc) is 3.08. The van der Waals surface area contributed by atoms with Gasteiger partial charge in [0.15, 0.2) is 0 Å². The number of thiophene rings is 1. The molecule has 3 rings (SSSR count). The van der Waals surface area contributed by atoms with Crippen LogP contribution in [0.1, 0.15) is 40.0 Å². The lowest BCUT2D eigenvalue weighted by Crippen LogP contribution is -2.38. The first-order valence-corrected chi connectivity index (χ1v) is 8.89. The Morgan fingerprint density at radius 1 is 1.43 bits per heavy atom. The number of hydrogen-bond acceptors (Lipinski definition) is 4. The summed E-state index contributed by atoms with van der Waals surface area (Å²) in [5.41, 5.74) is 2.26. The maximum atomic E-state index is 12.1. The average molecular weight is 321 g/mol. The first-order valence-electron chi connectivity index (χ1n) is 7.13. The Morgan fingerprint density at radius 2 is 2.24 bits per heavy atom. The maximum Gasteiger partial charge on any atom is 0.315 e. The summed E-state index contributed by atoms with van der Waals surface area (Å²) in [5.74, 6) is 0.546. The summed E-state index contributed by atoms with van der Waals surface area (Å²) in [7, 11) is 0. The number of carbonyl (C=O) groups is 1. The molecule has 2 aromatic rings. The molecule has 6 heteroatoms. The smallest absolute Gasteiger partial charge is 0.315 e. The summed E-state index contributed by atoms with van der Waals surface area (Å²) in [6, 6.07) is 2.03. The summed E-state index contributed by atoms with van der Waals surface area (Å²) >= 11 is 3.31. The molecule has 112 valence electrons. The summed E-state index contributed by atoms with van der Waals surface area (Å²) in [6.07, 6.45) is 2.35. The van der Waals surface area contributed by atoms with Crippen LogP contribution in [0.3, 0.4) is 0 Å². The van der Waals surface area contributed by atoms with Crippen LogP contribution >= 0.6 is 22.7 Å². The molecule has 1 aliphatic carbocycles. The van der Waals surface area contributed by atoms with Crippen molar-refractivity contribution < 1.29 is 4.79 Å². The van der Waals surface area contributed by atoms with E-state index in [1.807, 2.05) is 12.3 Å². The third-order valence-electron chi connectivity index (χ3n) is 3.66. The van der Waals surface area contributed by atoms with Crippen molar-refractivity contribution >= 4 is 28.7 Å². The van der Waals surface area contributed by atoms with E-state index in [9.17, 15) is 4.79 Å². The number of carbonyl (C=O) groups excluding carboxylic acids is 1. The van der Waals surface area contributed by atoms with Gasteiger partial charge < -0.3 is 10.6 Å². The van der Waals surface area contributed by atoms with Gasteiger partial charge in [-0.3, -0.25) is 0 Å². The van der Waals surface area contributed by atoms with E-state index >= 15 is 0 Å². The van der Waals surface area contributed by atoms with Crippen LogP contribution in [0.2, 0.25) is 0 Å². The zero-order valence-corrected chi connectivity index (χ0v) is 13.8. The molecule has 0 radical (unpaired) electrons. The molecule has 1 saturated carbocycles. The zero-order chi connectivity index (χ0) is 14.8. The molecule has 1 fully saturated rings. The molecule has 1 aliphatic rings. The summed E-state index contributed by atoms with van der Waals surface area (Å²) in [6.45, 7) is 4.64. The Bertz CT molecular complexity index is 630. The minimum Gasteiger partial charge on any atom is -0.333 e. The van der Waals surface area contributed by atoms with E-state index in [0.29, 0.717) is 12.5 Å². The Hall–Kier alpha value is -1.40. The van der Waals surface area contributed by atoms with Gasteiger partial charge in [-0.05, 0) is 49.6 Å². The van der Waals surface area contributed by atoms with E-state index in [2.05, 4.69) is 34.0 Å². The molecule has 21 heavy (non-hydrogen) atoms. The number of nitrogens with zero attached hydrogens (tertiary/aromatic N) is 1. The van der Waals surface area contributed by atoms with Crippen LogP contribution in [0, 0.1) is 19.8 Å². The molecule has 0 saturated heterocycles. The van der Waals surface area contributed by atoms with Gasteiger partial charge in [0.05, 0.1) is 12.6 Å². The Morgan fingerprint density at radius 3 is 2.81 bits per heavy atom. The van der Waals surface area contributed by atoms with E-state index < -0.39 is 0 Å². The topological polar surface area (TPSA) is 54.0 Å². The molecule has 2 heterocycles. The second-order valence-electron chi connectivity index (χ2n) is 5.50. The van der Waals surface area contributed by atoms with Crippen molar-refractivity contribution in [2.75, 3.05) is 0 Å². The van der Waals surface area contributed by atoms with Crippen molar-refractivity contribution in [3.8, 4) is 0 Å². The SMILES string of the molecule is Cc1csc([C@H](NC(=O)NCc2sccc2C)C2CC2)n1. The lowest BCUT2D eigenvalue weighted by Gasteiger charge is -2.16. The Balaban J connectivity index is 1.58. The van der Waals surface area contributed by atoms with E-state index in [4.69, 9.17) is 0 Å². The van der Waals surface area contributed by atoms with Crippen molar-refractivity contribution in [3.05, 3.63) is 38.0 Å². The molecule has 0 spiro atoms. The fourth-order valence-electron chi connectivity index (χ4n) is 2.26. The van der Waals surface area contributed by atoms with E-state index in [1.54, 1.807) is 22.7 Å². The van der Waals surface area contributed by atoms with Gasteiger partial charge in [-0.25, -0.2) is 9.78 Å². The first-order chi connectivity index (χ1) is 10.1. The molecule has 2 N–H and O–H groups in total. The van der Waals surface area contributed by atoms with Crippen LogP contribution in [0.4, 0.5) is 4.79 Å². The van der Waals surface area contributed by atoms with Crippen molar-refractivity contribution in [3.63, 3.8) is 0 Å². The van der Waals surface area contributed by atoms with Crippen LogP contribution in [0.25, 0.3) is 0 Å². The maximum absolute atomic E-state index is 12.1. The lowest BCUT2D eigenvalue weighted by molar-refractivity contribution is 0.235. The van der Waals surface area contributed by atoms with Crippen molar-refractivity contribution in [2.45, 2.75) is 39.3 Å². The minimum absolute atomic E-state index is 0.0631. The van der Waals surface area contributed by atoms with Crippen LogP contribution in [-0.2, 0) is 6.54 Å². The Kier molecular flexibility index (Phi) is 4.26. The molecule has 2 amide bonds. The van der Waals surface area contributed by atoms with Crippen LogP contribution in [0.5, 0.6) is 0 Å². The molecule has 0 bridgehead atoms. The minimum atomic E-state index is -0.104. The number of thiazole rings is 1. The molecular weight excluding hydrogens is 302 g/mol. The standard InChI is InChI=1S/C15H19N3OS2/c1-9-5-6-20-12(9)7-16-15(19)18-13(11-3-4-11)14-17-10(2)8-21-14/h5-6,8,11,13H,3-4,7H2,1-2H3,(H2,16,18,19)/t13-/m1/s1. The van der Waals surface area contributed by atoms with E-state index in [-0.39, 0.29) is 12.1 Å². The summed E-state index contributed by atoms with van der Waals surface area (Å²) in [4.78, 5) is 17.9. The fraction of sp³-hybridized carbons (Fsp3) is 0.467. The molecule has 0 aliphatic heterocycles. The van der Waals surface area contributed by atoms with Gasteiger partial charge in [0.1, 0.15) is 5.01 Å². The number of hydrogen-bond donors (Lipinski definition) is 2. The fourth-order valence-corrected chi connectivity index (χ4v) is 4.05.